The molecule has 0 aliphatic rings. The molecule has 22 heavy (non-hydrogen) atoms. The summed E-state index contributed by atoms with van der Waals surface area (Å²) in [5, 5.41) is 14.7. The zero-order valence-electron chi connectivity index (χ0n) is 12.0. The van der Waals surface area contributed by atoms with E-state index in [2.05, 4.69) is 10.5 Å². The van der Waals surface area contributed by atoms with E-state index in [9.17, 15) is 14.9 Å². The number of carbonyl (C=O) groups is 1. The SMILES string of the molecule is C/C(Cc1ccccc1)=N/NC(=O)c1cccc([N+](=O)[O-])c1. The molecule has 112 valence electrons. The van der Waals surface area contributed by atoms with Gasteiger partial charge in [0.15, 0.2) is 0 Å². The third-order valence-corrected chi connectivity index (χ3v) is 2.97. The summed E-state index contributed by atoms with van der Waals surface area (Å²) in [5.74, 6) is -0.476. The van der Waals surface area contributed by atoms with Gasteiger partial charge in [-0.1, -0.05) is 36.4 Å². The molecule has 0 unspecified atom stereocenters. The van der Waals surface area contributed by atoms with E-state index in [4.69, 9.17) is 0 Å². The van der Waals surface area contributed by atoms with Crippen molar-refractivity contribution in [1.82, 2.24) is 5.43 Å². The Bertz CT molecular complexity index is 712. The second-order valence-corrected chi connectivity index (χ2v) is 4.76. The Kier molecular flexibility index (Phi) is 4.98. The summed E-state index contributed by atoms with van der Waals surface area (Å²) in [6.45, 7) is 1.81. The number of rotatable bonds is 5. The molecule has 0 aliphatic carbocycles. The summed E-state index contributed by atoms with van der Waals surface area (Å²) in [7, 11) is 0. The van der Waals surface area contributed by atoms with Crippen LogP contribution in [0.3, 0.4) is 0 Å². The highest BCUT2D eigenvalue weighted by Crippen LogP contribution is 2.12. The van der Waals surface area contributed by atoms with Crippen molar-refractivity contribution in [1.29, 1.82) is 0 Å². The number of nitrogens with one attached hydrogen (secondary N) is 1. The molecule has 2 rings (SSSR count). The maximum atomic E-state index is 11.9. The van der Waals surface area contributed by atoms with E-state index >= 15 is 0 Å². The van der Waals surface area contributed by atoms with Crippen LogP contribution in [0.15, 0.2) is 59.7 Å². The molecule has 0 bridgehead atoms. The molecule has 0 atom stereocenters. The van der Waals surface area contributed by atoms with Crippen molar-refractivity contribution in [3.63, 3.8) is 0 Å². The van der Waals surface area contributed by atoms with Gasteiger partial charge in [-0.15, -0.1) is 0 Å². The zero-order valence-corrected chi connectivity index (χ0v) is 12.0. The van der Waals surface area contributed by atoms with Crippen LogP contribution in [-0.2, 0) is 6.42 Å². The fourth-order valence-electron chi connectivity index (χ4n) is 1.90. The van der Waals surface area contributed by atoms with Crippen LogP contribution in [-0.4, -0.2) is 16.5 Å². The van der Waals surface area contributed by atoms with Crippen molar-refractivity contribution < 1.29 is 9.72 Å². The van der Waals surface area contributed by atoms with Crippen LogP contribution < -0.4 is 5.43 Å². The van der Waals surface area contributed by atoms with Crippen LogP contribution in [0.2, 0.25) is 0 Å². The lowest BCUT2D eigenvalue weighted by Gasteiger charge is -2.03. The Hall–Kier alpha value is -3.02. The van der Waals surface area contributed by atoms with Crippen molar-refractivity contribution in [2.24, 2.45) is 5.10 Å². The normalized spacial score (nSPS) is 11.0. The number of non-ortho nitro benzene ring substituents is 1. The smallest absolute Gasteiger partial charge is 0.267 e. The van der Waals surface area contributed by atoms with Crippen LogP contribution in [0, 0.1) is 10.1 Å². The molecule has 0 aromatic heterocycles. The lowest BCUT2D eigenvalue weighted by Crippen LogP contribution is -2.19. The molecule has 0 fully saturated rings. The molecule has 1 amide bonds. The predicted octanol–water partition coefficient (Wildman–Crippen LogP) is 2.94. The van der Waals surface area contributed by atoms with E-state index in [1.807, 2.05) is 30.3 Å². The minimum atomic E-state index is -0.541. The largest absolute Gasteiger partial charge is 0.271 e. The third-order valence-electron chi connectivity index (χ3n) is 2.97. The molecular formula is C16H15N3O3. The number of hydrogen-bond acceptors (Lipinski definition) is 4. The van der Waals surface area contributed by atoms with Crippen molar-refractivity contribution in [2.75, 3.05) is 0 Å². The number of benzene rings is 2. The van der Waals surface area contributed by atoms with Gasteiger partial charge in [-0.05, 0) is 18.6 Å². The summed E-state index contributed by atoms with van der Waals surface area (Å²) in [6, 6.07) is 15.3. The summed E-state index contributed by atoms with van der Waals surface area (Å²) < 4.78 is 0. The molecule has 0 heterocycles. The minimum absolute atomic E-state index is 0.127. The van der Waals surface area contributed by atoms with Gasteiger partial charge in [-0.25, -0.2) is 5.43 Å². The third kappa shape index (κ3) is 4.24. The maximum Gasteiger partial charge on any atom is 0.271 e. The Labute approximate surface area is 127 Å². The van der Waals surface area contributed by atoms with Gasteiger partial charge in [0.1, 0.15) is 0 Å². The fraction of sp³-hybridized carbons (Fsp3) is 0.125. The fourth-order valence-corrected chi connectivity index (χ4v) is 1.90. The number of hydrogen-bond donors (Lipinski definition) is 1. The molecule has 6 nitrogen and oxygen atoms in total. The van der Waals surface area contributed by atoms with Crippen LogP contribution in [0.1, 0.15) is 22.8 Å². The van der Waals surface area contributed by atoms with Gasteiger partial charge in [0.25, 0.3) is 11.6 Å². The van der Waals surface area contributed by atoms with Crippen molar-refractivity contribution in [3.05, 3.63) is 75.8 Å². The molecule has 0 radical (unpaired) electrons. The summed E-state index contributed by atoms with van der Waals surface area (Å²) in [5.41, 5.74) is 4.32. The topological polar surface area (TPSA) is 84.6 Å². The molecule has 2 aromatic carbocycles. The molecule has 0 aliphatic heterocycles. The molecule has 0 saturated heterocycles. The van der Waals surface area contributed by atoms with E-state index < -0.39 is 10.8 Å². The van der Waals surface area contributed by atoms with E-state index in [1.54, 1.807) is 6.92 Å². The van der Waals surface area contributed by atoms with Crippen LogP contribution in [0.5, 0.6) is 0 Å². The Morgan fingerprint density at radius 1 is 1.18 bits per heavy atom. The molecule has 0 spiro atoms. The Morgan fingerprint density at radius 3 is 2.59 bits per heavy atom. The highest BCUT2D eigenvalue weighted by Gasteiger charge is 2.10. The van der Waals surface area contributed by atoms with Gasteiger partial charge in [-0.3, -0.25) is 14.9 Å². The van der Waals surface area contributed by atoms with E-state index in [0.29, 0.717) is 6.42 Å². The van der Waals surface area contributed by atoms with E-state index in [1.165, 1.54) is 24.3 Å². The van der Waals surface area contributed by atoms with E-state index in [-0.39, 0.29) is 11.3 Å². The lowest BCUT2D eigenvalue weighted by molar-refractivity contribution is -0.384. The average Bonchev–Trinajstić information content (AvgIpc) is 2.53. The first-order chi connectivity index (χ1) is 10.6. The molecule has 1 N–H and O–H groups in total. The van der Waals surface area contributed by atoms with Gasteiger partial charge in [-0.2, -0.15) is 5.10 Å². The van der Waals surface area contributed by atoms with Gasteiger partial charge in [0.05, 0.1) is 4.92 Å². The number of nitrogens with zero attached hydrogens (tertiary/aromatic N) is 2. The second-order valence-electron chi connectivity index (χ2n) is 4.76. The van der Waals surface area contributed by atoms with Gasteiger partial charge in [0, 0.05) is 29.8 Å². The quantitative estimate of drug-likeness (QED) is 0.523. The zero-order chi connectivity index (χ0) is 15.9. The number of amides is 1. The summed E-state index contributed by atoms with van der Waals surface area (Å²) >= 11 is 0. The average molecular weight is 297 g/mol. The number of hydrazone groups is 1. The number of nitro benzene ring substituents is 1. The highest BCUT2D eigenvalue weighted by atomic mass is 16.6. The molecule has 6 heteroatoms. The monoisotopic (exact) mass is 297 g/mol. The molecular weight excluding hydrogens is 282 g/mol. The van der Waals surface area contributed by atoms with Crippen molar-refractivity contribution in [2.45, 2.75) is 13.3 Å². The van der Waals surface area contributed by atoms with Gasteiger partial charge >= 0.3 is 0 Å². The lowest BCUT2D eigenvalue weighted by atomic mass is 10.1. The molecule has 2 aromatic rings. The van der Waals surface area contributed by atoms with Gasteiger partial charge in [0.2, 0.25) is 0 Å². The Balaban J connectivity index is 2.01. The number of carbonyl (C=O) groups excluding carboxylic acids is 1. The van der Waals surface area contributed by atoms with Gasteiger partial charge < -0.3 is 0 Å². The predicted molar refractivity (Wildman–Crippen MR) is 83.8 cm³/mol. The maximum absolute atomic E-state index is 11.9. The minimum Gasteiger partial charge on any atom is -0.267 e. The second kappa shape index (κ2) is 7.12. The first kappa shape index (κ1) is 15.4. The van der Waals surface area contributed by atoms with Crippen LogP contribution in [0.25, 0.3) is 0 Å². The number of nitro groups is 1. The highest BCUT2D eigenvalue weighted by molar-refractivity contribution is 5.95. The molecule has 0 saturated carbocycles. The summed E-state index contributed by atoms with van der Waals surface area (Å²) in [4.78, 5) is 22.1. The summed E-state index contributed by atoms with van der Waals surface area (Å²) in [6.07, 6.45) is 0.621. The van der Waals surface area contributed by atoms with Crippen LogP contribution in [0.4, 0.5) is 5.69 Å². The van der Waals surface area contributed by atoms with Crippen molar-refractivity contribution in [3.8, 4) is 0 Å². The Morgan fingerprint density at radius 2 is 1.91 bits per heavy atom. The van der Waals surface area contributed by atoms with E-state index in [0.717, 1.165) is 11.3 Å². The first-order valence-corrected chi connectivity index (χ1v) is 6.68. The van der Waals surface area contributed by atoms with Crippen molar-refractivity contribution >= 4 is 17.3 Å². The standard InChI is InChI=1S/C16H15N3O3/c1-12(10-13-6-3-2-4-7-13)17-18-16(20)14-8-5-9-15(11-14)19(21)22/h2-9,11H,10H2,1H3,(H,18,20)/b17-12-. The van der Waals surface area contributed by atoms with Crippen LogP contribution >= 0.6 is 0 Å². The first-order valence-electron chi connectivity index (χ1n) is 6.68.